The lowest BCUT2D eigenvalue weighted by molar-refractivity contribution is 0.332. The summed E-state index contributed by atoms with van der Waals surface area (Å²) < 4.78 is 13.1. The van der Waals surface area contributed by atoms with E-state index in [1.165, 1.54) is 6.07 Å². The molecule has 1 nitrogen and oxygen atoms in total. The minimum absolute atomic E-state index is 0.0343. The summed E-state index contributed by atoms with van der Waals surface area (Å²) in [5.74, 6) is -0.251. The summed E-state index contributed by atoms with van der Waals surface area (Å²) in [5.41, 5.74) is 2.30. The SMILES string of the molecule is C/C(=C/c1cc(C)ccc1F)CO. The molecule has 0 heterocycles. The molecule has 2 heteroatoms. The van der Waals surface area contributed by atoms with Crippen molar-refractivity contribution in [2.24, 2.45) is 0 Å². The van der Waals surface area contributed by atoms with Crippen LogP contribution in [0.2, 0.25) is 0 Å². The van der Waals surface area contributed by atoms with Gasteiger partial charge in [0.1, 0.15) is 5.82 Å². The molecular weight excluding hydrogens is 167 g/mol. The number of aryl methyl sites for hydroxylation is 1. The van der Waals surface area contributed by atoms with E-state index >= 15 is 0 Å². The minimum atomic E-state index is -0.251. The van der Waals surface area contributed by atoms with Crippen LogP contribution in [0.5, 0.6) is 0 Å². The van der Waals surface area contributed by atoms with Crippen molar-refractivity contribution in [1.82, 2.24) is 0 Å². The van der Waals surface area contributed by atoms with Gasteiger partial charge >= 0.3 is 0 Å². The molecule has 0 saturated carbocycles. The topological polar surface area (TPSA) is 20.2 Å². The molecule has 0 aliphatic heterocycles. The molecule has 0 spiro atoms. The van der Waals surface area contributed by atoms with Crippen LogP contribution in [0.25, 0.3) is 6.08 Å². The second-order valence-electron chi connectivity index (χ2n) is 3.17. The predicted octanol–water partition coefficient (Wildman–Crippen LogP) is 2.53. The third-order valence-electron chi connectivity index (χ3n) is 1.80. The summed E-state index contributed by atoms with van der Waals surface area (Å²) in [6.45, 7) is 3.64. The van der Waals surface area contributed by atoms with Gasteiger partial charge in [-0.2, -0.15) is 0 Å². The van der Waals surface area contributed by atoms with E-state index in [0.717, 1.165) is 11.1 Å². The molecule has 0 saturated heterocycles. The van der Waals surface area contributed by atoms with E-state index in [2.05, 4.69) is 0 Å². The fraction of sp³-hybridized carbons (Fsp3) is 0.273. The summed E-state index contributed by atoms with van der Waals surface area (Å²) in [4.78, 5) is 0. The first kappa shape index (κ1) is 9.93. The molecule has 0 amide bonds. The van der Waals surface area contributed by atoms with Gasteiger partial charge in [0.15, 0.2) is 0 Å². The zero-order chi connectivity index (χ0) is 9.84. The van der Waals surface area contributed by atoms with E-state index in [9.17, 15) is 4.39 Å². The van der Waals surface area contributed by atoms with Gasteiger partial charge in [-0.05, 0) is 31.6 Å². The summed E-state index contributed by atoms with van der Waals surface area (Å²) in [7, 11) is 0. The van der Waals surface area contributed by atoms with Crippen LogP contribution in [0, 0.1) is 12.7 Å². The Kier molecular flexibility index (Phi) is 3.20. The molecule has 0 aliphatic carbocycles. The van der Waals surface area contributed by atoms with Crippen molar-refractivity contribution in [2.45, 2.75) is 13.8 Å². The molecule has 70 valence electrons. The fourth-order valence-electron chi connectivity index (χ4n) is 1.08. The number of benzene rings is 1. The highest BCUT2D eigenvalue weighted by Gasteiger charge is 1.98. The Morgan fingerprint density at radius 3 is 2.85 bits per heavy atom. The molecule has 1 aromatic rings. The van der Waals surface area contributed by atoms with Gasteiger partial charge in [-0.25, -0.2) is 4.39 Å². The normalized spacial score (nSPS) is 11.8. The van der Waals surface area contributed by atoms with E-state index < -0.39 is 0 Å². The maximum atomic E-state index is 13.1. The van der Waals surface area contributed by atoms with E-state index in [0.29, 0.717) is 5.56 Å². The standard InChI is InChI=1S/C11H13FO/c1-8-3-4-11(12)10(5-8)6-9(2)7-13/h3-6,13H,7H2,1-2H3/b9-6-. The van der Waals surface area contributed by atoms with Crippen LogP contribution in [0.4, 0.5) is 4.39 Å². The zero-order valence-electron chi connectivity index (χ0n) is 7.84. The summed E-state index contributed by atoms with van der Waals surface area (Å²) in [5, 5.41) is 8.77. The first-order chi connectivity index (χ1) is 6.13. The number of hydrogen-bond acceptors (Lipinski definition) is 1. The quantitative estimate of drug-likeness (QED) is 0.741. The molecule has 13 heavy (non-hydrogen) atoms. The maximum absolute atomic E-state index is 13.1. The van der Waals surface area contributed by atoms with Crippen molar-refractivity contribution in [3.05, 3.63) is 40.7 Å². The summed E-state index contributed by atoms with van der Waals surface area (Å²) >= 11 is 0. The summed E-state index contributed by atoms with van der Waals surface area (Å²) in [6.07, 6.45) is 1.66. The first-order valence-electron chi connectivity index (χ1n) is 4.17. The summed E-state index contributed by atoms with van der Waals surface area (Å²) in [6, 6.07) is 4.92. The van der Waals surface area contributed by atoms with Gasteiger partial charge in [0.25, 0.3) is 0 Å². The van der Waals surface area contributed by atoms with E-state index in [-0.39, 0.29) is 12.4 Å². The third-order valence-corrected chi connectivity index (χ3v) is 1.80. The second-order valence-corrected chi connectivity index (χ2v) is 3.17. The molecule has 0 aliphatic rings. The van der Waals surface area contributed by atoms with Gasteiger partial charge in [-0.15, -0.1) is 0 Å². The predicted molar refractivity (Wildman–Crippen MR) is 51.9 cm³/mol. The van der Waals surface area contributed by atoms with Crippen LogP contribution in [-0.4, -0.2) is 11.7 Å². The number of aliphatic hydroxyl groups excluding tert-OH is 1. The third kappa shape index (κ3) is 2.67. The fourth-order valence-corrected chi connectivity index (χ4v) is 1.08. The monoisotopic (exact) mass is 180 g/mol. The molecule has 1 aromatic carbocycles. The Bertz CT molecular complexity index is 329. The highest BCUT2D eigenvalue weighted by atomic mass is 19.1. The van der Waals surface area contributed by atoms with Crippen molar-refractivity contribution >= 4 is 6.08 Å². The Morgan fingerprint density at radius 1 is 1.54 bits per heavy atom. The van der Waals surface area contributed by atoms with E-state index in [1.54, 1.807) is 25.1 Å². The van der Waals surface area contributed by atoms with Gasteiger partial charge < -0.3 is 5.11 Å². The lowest BCUT2D eigenvalue weighted by atomic mass is 10.1. The van der Waals surface area contributed by atoms with Crippen LogP contribution >= 0.6 is 0 Å². The molecule has 0 aromatic heterocycles. The van der Waals surface area contributed by atoms with Crippen molar-refractivity contribution in [3.8, 4) is 0 Å². The van der Waals surface area contributed by atoms with Crippen molar-refractivity contribution in [3.63, 3.8) is 0 Å². The van der Waals surface area contributed by atoms with Crippen LogP contribution in [-0.2, 0) is 0 Å². The molecule has 1 N–H and O–H groups in total. The highest BCUT2D eigenvalue weighted by molar-refractivity contribution is 5.54. The van der Waals surface area contributed by atoms with Gasteiger partial charge in [-0.1, -0.05) is 17.7 Å². The lowest BCUT2D eigenvalue weighted by Crippen LogP contribution is -1.88. The maximum Gasteiger partial charge on any atom is 0.130 e. The van der Waals surface area contributed by atoms with Crippen LogP contribution < -0.4 is 0 Å². The van der Waals surface area contributed by atoms with Crippen LogP contribution in [0.15, 0.2) is 23.8 Å². The number of halogens is 1. The zero-order valence-corrected chi connectivity index (χ0v) is 7.84. The smallest absolute Gasteiger partial charge is 0.130 e. The van der Waals surface area contributed by atoms with Gasteiger partial charge in [0.2, 0.25) is 0 Å². The molecule has 0 fully saturated rings. The average Bonchev–Trinajstić information content (AvgIpc) is 2.11. The molecule has 0 unspecified atom stereocenters. The Hall–Kier alpha value is -1.15. The van der Waals surface area contributed by atoms with Gasteiger partial charge in [-0.3, -0.25) is 0 Å². The molecular formula is C11H13FO. The Labute approximate surface area is 77.5 Å². The van der Waals surface area contributed by atoms with E-state index in [1.807, 2.05) is 6.92 Å². The Balaban J connectivity index is 3.07. The largest absolute Gasteiger partial charge is 0.392 e. The second kappa shape index (κ2) is 4.19. The van der Waals surface area contributed by atoms with Crippen LogP contribution in [0.3, 0.4) is 0 Å². The number of hydrogen-bond donors (Lipinski definition) is 1. The first-order valence-corrected chi connectivity index (χ1v) is 4.17. The molecule has 0 radical (unpaired) electrons. The van der Waals surface area contributed by atoms with Crippen LogP contribution in [0.1, 0.15) is 18.1 Å². The molecule has 0 bridgehead atoms. The molecule has 1 rings (SSSR count). The number of aliphatic hydroxyl groups is 1. The number of rotatable bonds is 2. The minimum Gasteiger partial charge on any atom is -0.392 e. The highest BCUT2D eigenvalue weighted by Crippen LogP contribution is 2.13. The Morgan fingerprint density at radius 2 is 2.23 bits per heavy atom. The van der Waals surface area contributed by atoms with Crippen molar-refractivity contribution in [1.29, 1.82) is 0 Å². The van der Waals surface area contributed by atoms with E-state index in [4.69, 9.17) is 5.11 Å². The van der Waals surface area contributed by atoms with Gasteiger partial charge in [0.05, 0.1) is 6.61 Å². The molecule has 0 atom stereocenters. The van der Waals surface area contributed by atoms with Gasteiger partial charge in [0, 0.05) is 5.56 Å². The average molecular weight is 180 g/mol. The lowest BCUT2D eigenvalue weighted by Gasteiger charge is -2.00. The van der Waals surface area contributed by atoms with Crippen molar-refractivity contribution in [2.75, 3.05) is 6.61 Å². The van der Waals surface area contributed by atoms with Crippen molar-refractivity contribution < 1.29 is 9.50 Å².